The Bertz CT molecular complexity index is 404. The quantitative estimate of drug-likeness (QED) is 0.577. The number of nitriles is 1. The molecule has 0 aliphatic carbocycles. The second kappa shape index (κ2) is 5.95. The van der Waals surface area contributed by atoms with E-state index in [0.29, 0.717) is 6.16 Å². The molecule has 0 N–H and O–H groups in total. The summed E-state index contributed by atoms with van der Waals surface area (Å²) in [6, 6.07) is 9.24. The number of allylic oxidation sites excluding steroid dienone is 2. The van der Waals surface area contributed by atoms with Gasteiger partial charge in [-0.1, -0.05) is 12.1 Å². The molecule has 1 aromatic carbocycles. The van der Waals surface area contributed by atoms with Crippen LogP contribution in [-0.4, -0.2) is 13.3 Å². The minimum atomic E-state index is 0.0121. The van der Waals surface area contributed by atoms with Gasteiger partial charge in [-0.25, -0.2) is 0 Å². The Morgan fingerprint density at radius 1 is 1.53 bits per heavy atom. The highest BCUT2D eigenvalue weighted by Gasteiger charge is 2.01. The lowest BCUT2D eigenvalue weighted by molar-refractivity contribution is 0.415. The van der Waals surface area contributed by atoms with Crippen LogP contribution in [0.15, 0.2) is 30.3 Å². The molecular weight excluding hydrogens is 209 g/mol. The maximum Gasteiger partial charge on any atom is 0.160 e. The lowest BCUT2D eigenvalue weighted by Gasteiger charge is -2.03. The number of hydrogen-bond donors (Lipinski definition) is 0. The molecule has 0 saturated heterocycles. The number of rotatable bonds is 4. The molecule has 4 heteroatoms. The molecule has 0 aromatic heterocycles. The van der Waals surface area contributed by atoms with E-state index in [-0.39, 0.29) is 8.46 Å². The van der Waals surface area contributed by atoms with Crippen molar-refractivity contribution in [3.05, 3.63) is 35.9 Å². The molecule has 1 rings (SSSR count). The Hall–Kier alpha value is -1.65. The summed E-state index contributed by atoms with van der Waals surface area (Å²) >= 11 is 0. The van der Waals surface area contributed by atoms with E-state index < -0.39 is 0 Å². The van der Waals surface area contributed by atoms with Gasteiger partial charge in [0.05, 0.1) is 19.3 Å². The zero-order valence-corrected chi connectivity index (χ0v) is 9.20. The fraction of sp³-hybridized carbons (Fsp3) is 0.182. The number of methoxy groups -OCH3 is 1. The number of nitrogens with zero attached hydrogens (tertiary/aromatic N) is 1. The maximum atomic E-state index is 10.5. The van der Waals surface area contributed by atoms with Crippen LogP contribution in [0.4, 0.5) is 0 Å². The maximum absolute atomic E-state index is 10.5. The summed E-state index contributed by atoms with van der Waals surface area (Å²) in [5.74, 6) is 0.759. The number of hydrogen-bond acceptors (Lipinski definition) is 3. The Morgan fingerprint density at radius 3 is 2.67 bits per heavy atom. The van der Waals surface area contributed by atoms with Crippen molar-refractivity contribution in [2.45, 2.75) is 0 Å². The van der Waals surface area contributed by atoms with Gasteiger partial charge in [-0.3, -0.25) is 4.57 Å². The molecule has 0 bridgehead atoms. The van der Waals surface area contributed by atoms with Crippen LogP contribution in [0.5, 0.6) is 5.75 Å². The van der Waals surface area contributed by atoms with E-state index >= 15 is 0 Å². The van der Waals surface area contributed by atoms with Crippen molar-refractivity contribution in [1.82, 2.24) is 0 Å². The SMILES string of the molecule is COc1ccc(/C(=C\C#N)CP=O)cc1. The standard InChI is InChI=1S/C11H10NO2P/c1-14-11-4-2-9(3-5-11)10(6-7-12)8-15-13/h2-6H,8H2,1H3/b10-6-. The lowest BCUT2D eigenvalue weighted by atomic mass is 10.1. The first-order valence-corrected chi connectivity index (χ1v) is 5.33. The van der Waals surface area contributed by atoms with E-state index in [1.165, 1.54) is 6.08 Å². The topological polar surface area (TPSA) is 50.1 Å². The Labute approximate surface area is 90.2 Å². The van der Waals surface area contributed by atoms with Gasteiger partial charge in [0, 0.05) is 6.08 Å². The largest absolute Gasteiger partial charge is 0.497 e. The third kappa shape index (κ3) is 3.19. The smallest absolute Gasteiger partial charge is 0.160 e. The van der Waals surface area contributed by atoms with Crippen molar-refractivity contribution in [2.75, 3.05) is 13.3 Å². The normalized spacial score (nSPS) is 11.1. The molecule has 0 atom stereocenters. The van der Waals surface area contributed by atoms with Gasteiger partial charge in [0.1, 0.15) is 5.75 Å². The summed E-state index contributed by atoms with van der Waals surface area (Å²) in [6.07, 6.45) is 1.76. The molecule has 0 amide bonds. The van der Waals surface area contributed by atoms with Crippen molar-refractivity contribution in [3.8, 4) is 11.8 Å². The predicted octanol–water partition coefficient (Wildman–Crippen LogP) is 2.89. The summed E-state index contributed by atoms with van der Waals surface area (Å²) in [7, 11) is 1.61. The number of benzene rings is 1. The first kappa shape index (κ1) is 11.4. The molecule has 76 valence electrons. The van der Waals surface area contributed by atoms with Crippen molar-refractivity contribution in [3.63, 3.8) is 0 Å². The van der Waals surface area contributed by atoms with Gasteiger partial charge in [-0.2, -0.15) is 5.26 Å². The highest BCUT2D eigenvalue weighted by Crippen LogP contribution is 2.21. The van der Waals surface area contributed by atoms with E-state index in [1.54, 1.807) is 7.11 Å². The van der Waals surface area contributed by atoms with Crippen LogP contribution in [0.2, 0.25) is 0 Å². The fourth-order valence-corrected chi connectivity index (χ4v) is 1.59. The third-order valence-electron chi connectivity index (χ3n) is 1.93. The molecule has 1 aromatic rings. The minimum Gasteiger partial charge on any atom is -0.497 e. The summed E-state index contributed by atoms with van der Waals surface area (Å²) in [6.45, 7) is 0. The van der Waals surface area contributed by atoms with Gasteiger partial charge >= 0.3 is 0 Å². The first-order chi connectivity index (χ1) is 7.31. The Morgan fingerprint density at radius 2 is 2.20 bits per heavy atom. The summed E-state index contributed by atoms with van der Waals surface area (Å²) in [4.78, 5) is 0. The van der Waals surface area contributed by atoms with Gasteiger partial charge in [0.15, 0.2) is 8.46 Å². The fourth-order valence-electron chi connectivity index (χ4n) is 1.17. The summed E-state index contributed by atoms with van der Waals surface area (Å²) in [5.41, 5.74) is 1.65. The third-order valence-corrected chi connectivity index (χ3v) is 2.40. The summed E-state index contributed by atoms with van der Waals surface area (Å²) in [5, 5.41) is 8.57. The second-order valence-corrected chi connectivity index (χ2v) is 3.39. The van der Waals surface area contributed by atoms with Crippen LogP contribution >= 0.6 is 8.46 Å². The highest BCUT2D eigenvalue weighted by molar-refractivity contribution is 7.24. The molecule has 0 spiro atoms. The van der Waals surface area contributed by atoms with Crippen molar-refractivity contribution < 1.29 is 9.30 Å². The zero-order valence-electron chi connectivity index (χ0n) is 8.30. The van der Waals surface area contributed by atoms with Gasteiger partial charge in [0.25, 0.3) is 0 Å². The van der Waals surface area contributed by atoms with Crippen LogP contribution < -0.4 is 4.74 Å². The van der Waals surface area contributed by atoms with E-state index in [4.69, 9.17) is 10.00 Å². The van der Waals surface area contributed by atoms with Crippen LogP contribution in [-0.2, 0) is 4.57 Å². The molecule has 0 fully saturated rings. The molecule has 0 aliphatic rings. The molecule has 0 radical (unpaired) electrons. The van der Waals surface area contributed by atoms with Gasteiger partial charge < -0.3 is 4.74 Å². The van der Waals surface area contributed by atoms with E-state index in [1.807, 2.05) is 30.3 Å². The molecule has 3 nitrogen and oxygen atoms in total. The van der Waals surface area contributed by atoms with Crippen molar-refractivity contribution in [2.24, 2.45) is 0 Å². The molecule has 0 unspecified atom stereocenters. The van der Waals surface area contributed by atoms with Crippen molar-refractivity contribution >= 4 is 14.0 Å². The Kier molecular flexibility index (Phi) is 4.53. The van der Waals surface area contributed by atoms with Crippen LogP contribution in [0.3, 0.4) is 0 Å². The van der Waals surface area contributed by atoms with Crippen LogP contribution in [0.1, 0.15) is 5.56 Å². The average molecular weight is 219 g/mol. The highest BCUT2D eigenvalue weighted by atomic mass is 31.1. The second-order valence-electron chi connectivity index (χ2n) is 2.81. The molecule has 15 heavy (non-hydrogen) atoms. The Balaban J connectivity index is 2.97. The predicted molar refractivity (Wildman–Crippen MR) is 59.1 cm³/mol. The van der Waals surface area contributed by atoms with Gasteiger partial charge in [-0.05, 0) is 23.3 Å². The lowest BCUT2D eigenvalue weighted by Crippen LogP contribution is -1.87. The van der Waals surface area contributed by atoms with Crippen LogP contribution in [0, 0.1) is 11.3 Å². The van der Waals surface area contributed by atoms with Gasteiger partial charge in [0.2, 0.25) is 0 Å². The zero-order chi connectivity index (χ0) is 11.1. The van der Waals surface area contributed by atoms with Crippen molar-refractivity contribution in [1.29, 1.82) is 5.26 Å². The minimum absolute atomic E-state index is 0.0121. The van der Waals surface area contributed by atoms with E-state index in [0.717, 1.165) is 16.9 Å². The number of ether oxygens (including phenoxy) is 1. The molecule has 0 saturated carbocycles. The van der Waals surface area contributed by atoms with E-state index in [2.05, 4.69) is 0 Å². The monoisotopic (exact) mass is 219 g/mol. The van der Waals surface area contributed by atoms with E-state index in [9.17, 15) is 4.57 Å². The first-order valence-electron chi connectivity index (χ1n) is 4.34. The average Bonchev–Trinajstić information content (AvgIpc) is 2.29. The van der Waals surface area contributed by atoms with Gasteiger partial charge in [-0.15, -0.1) is 0 Å². The molecular formula is C11H10NO2P. The molecule has 0 aliphatic heterocycles. The van der Waals surface area contributed by atoms with Crippen LogP contribution in [0.25, 0.3) is 5.57 Å². The molecule has 0 heterocycles. The summed E-state index contributed by atoms with van der Waals surface area (Å²) < 4.78 is 15.5.